The summed E-state index contributed by atoms with van der Waals surface area (Å²) in [5.74, 6) is 0. The number of fused-ring (bicyclic) bond motifs is 8. The van der Waals surface area contributed by atoms with E-state index < -0.39 is 0 Å². The molecule has 0 N–H and O–H groups in total. The van der Waals surface area contributed by atoms with E-state index in [9.17, 15) is 0 Å². The minimum Gasteiger partial charge on any atom is -0.456 e. The summed E-state index contributed by atoms with van der Waals surface area (Å²) >= 11 is 1.86. The van der Waals surface area contributed by atoms with E-state index in [2.05, 4.69) is 97.1 Å². The van der Waals surface area contributed by atoms with Crippen LogP contribution in [0.2, 0.25) is 0 Å². The lowest BCUT2D eigenvalue weighted by molar-refractivity contribution is 0.669. The van der Waals surface area contributed by atoms with E-state index in [4.69, 9.17) is 14.4 Å². The number of hydrogen-bond acceptors (Lipinski definition) is 4. The van der Waals surface area contributed by atoms with Crippen molar-refractivity contribution < 1.29 is 4.42 Å². The maximum absolute atomic E-state index is 6.27. The Morgan fingerprint density at radius 2 is 1.13 bits per heavy atom. The maximum atomic E-state index is 6.27. The zero-order valence-electron chi connectivity index (χ0n) is 24.6. The van der Waals surface area contributed by atoms with Gasteiger partial charge in [0.25, 0.3) is 0 Å². The molecule has 0 unspecified atom stereocenters. The number of furan rings is 1. The van der Waals surface area contributed by atoms with Gasteiger partial charge in [0.2, 0.25) is 0 Å². The third-order valence-corrected chi connectivity index (χ3v) is 10.2. The summed E-state index contributed by atoms with van der Waals surface area (Å²) in [6.07, 6.45) is 0. The summed E-state index contributed by atoms with van der Waals surface area (Å²) in [6, 6.07) is 51.3. The molecule has 0 aliphatic rings. The van der Waals surface area contributed by atoms with Crippen LogP contribution in [0, 0.1) is 0 Å². The molecule has 3 nitrogen and oxygen atoms in total. The van der Waals surface area contributed by atoms with Crippen LogP contribution < -0.4 is 0 Å². The van der Waals surface area contributed by atoms with Gasteiger partial charge in [-0.25, -0.2) is 9.97 Å². The molecule has 10 rings (SSSR count). The Kier molecular flexibility index (Phi) is 5.45. The van der Waals surface area contributed by atoms with Crippen LogP contribution in [0.5, 0.6) is 0 Å². The first-order chi connectivity index (χ1) is 22.8. The second-order valence-electron chi connectivity index (χ2n) is 11.7. The molecule has 10 aromatic rings. The molecule has 3 heterocycles. The summed E-state index contributed by atoms with van der Waals surface area (Å²) in [6.45, 7) is 0. The number of aromatic nitrogens is 2. The van der Waals surface area contributed by atoms with Crippen molar-refractivity contribution in [3.05, 3.63) is 146 Å². The van der Waals surface area contributed by atoms with Gasteiger partial charge < -0.3 is 4.42 Å². The molecule has 214 valence electrons. The van der Waals surface area contributed by atoms with Crippen molar-refractivity contribution in [2.24, 2.45) is 0 Å². The highest BCUT2D eigenvalue weighted by Crippen LogP contribution is 2.42. The second kappa shape index (κ2) is 9.83. The highest BCUT2D eigenvalue weighted by atomic mass is 32.1. The van der Waals surface area contributed by atoms with Gasteiger partial charge in [-0.15, -0.1) is 11.3 Å². The number of rotatable bonds is 3. The van der Waals surface area contributed by atoms with Crippen molar-refractivity contribution in [2.45, 2.75) is 0 Å². The van der Waals surface area contributed by atoms with Crippen LogP contribution in [0.15, 0.2) is 150 Å². The lowest BCUT2D eigenvalue weighted by Crippen LogP contribution is -1.96. The summed E-state index contributed by atoms with van der Waals surface area (Å²) in [4.78, 5) is 10.5. The smallest absolute Gasteiger partial charge is 0.136 e. The Balaban J connectivity index is 1.21. The summed E-state index contributed by atoms with van der Waals surface area (Å²) < 4.78 is 8.89. The van der Waals surface area contributed by atoms with Crippen molar-refractivity contribution in [1.29, 1.82) is 0 Å². The Morgan fingerprint density at radius 3 is 2.04 bits per heavy atom. The van der Waals surface area contributed by atoms with Gasteiger partial charge in [-0.1, -0.05) is 97.1 Å². The fourth-order valence-electron chi connectivity index (χ4n) is 6.94. The predicted molar refractivity (Wildman–Crippen MR) is 194 cm³/mol. The van der Waals surface area contributed by atoms with Crippen LogP contribution in [0.4, 0.5) is 0 Å². The first-order valence-corrected chi connectivity index (χ1v) is 16.2. The number of thiophene rings is 1. The SMILES string of the molecule is c1cc(-c2nc3ccccc3nc2-c2cccc3oc4ccccc4c23)cc(-c2cccc3cc4c(cc23)sc2ccccc24)c1. The molecule has 0 saturated heterocycles. The van der Waals surface area contributed by atoms with Gasteiger partial charge in [0.15, 0.2) is 0 Å². The Hall–Kier alpha value is -5.84. The lowest BCUT2D eigenvalue weighted by atomic mass is 9.94. The molecule has 0 saturated carbocycles. The molecule has 0 aliphatic carbocycles. The molecular weight excluding hydrogens is 581 g/mol. The molecular formula is C42H24N2OS. The highest BCUT2D eigenvalue weighted by Gasteiger charge is 2.19. The van der Waals surface area contributed by atoms with E-state index in [1.165, 1.54) is 36.5 Å². The molecule has 0 fully saturated rings. The number of para-hydroxylation sites is 3. The zero-order valence-corrected chi connectivity index (χ0v) is 25.4. The fraction of sp³-hybridized carbons (Fsp3) is 0. The fourth-order valence-corrected chi connectivity index (χ4v) is 8.07. The van der Waals surface area contributed by atoms with Gasteiger partial charge in [0.05, 0.1) is 22.4 Å². The molecule has 0 bridgehead atoms. The Morgan fingerprint density at radius 1 is 0.435 bits per heavy atom. The summed E-state index contributed by atoms with van der Waals surface area (Å²) in [5, 5.41) is 7.25. The molecule has 0 radical (unpaired) electrons. The Labute approximate surface area is 268 Å². The van der Waals surface area contributed by atoms with Crippen LogP contribution >= 0.6 is 11.3 Å². The van der Waals surface area contributed by atoms with E-state index >= 15 is 0 Å². The standard InChI is InChI=1S/C42H24N2OS/c1-5-19-36-30(14-1)40-31(16-9-20-37(40)45-36)42-41(43-34-17-3-4-18-35(34)44-42)27-12-7-10-25(22-27)28-15-8-11-26-23-33-29-13-2-6-21-38(29)46-39(33)24-32(26)28/h1-24H. The predicted octanol–water partition coefficient (Wildman–Crippen LogP) is 12.1. The quantitative estimate of drug-likeness (QED) is 0.201. The molecule has 0 aliphatic heterocycles. The van der Waals surface area contributed by atoms with Crippen LogP contribution in [-0.2, 0) is 0 Å². The van der Waals surface area contributed by atoms with Crippen molar-refractivity contribution in [3.8, 4) is 33.6 Å². The second-order valence-corrected chi connectivity index (χ2v) is 12.8. The topological polar surface area (TPSA) is 38.9 Å². The third-order valence-electron chi connectivity index (χ3n) is 9.05. The van der Waals surface area contributed by atoms with Crippen LogP contribution in [-0.4, -0.2) is 9.97 Å². The van der Waals surface area contributed by atoms with E-state index in [1.807, 2.05) is 59.9 Å². The molecule has 4 heteroatoms. The van der Waals surface area contributed by atoms with Crippen molar-refractivity contribution >= 4 is 75.3 Å². The number of nitrogens with zero attached hydrogens (tertiary/aromatic N) is 2. The average molecular weight is 605 g/mol. The van der Waals surface area contributed by atoms with Crippen molar-refractivity contribution in [1.82, 2.24) is 9.97 Å². The lowest BCUT2D eigenvalue weighted by Gasteiger charge is -2.13. The first kappa shape index (κ1) is 25.5. The Bertz CT molecular complexity index is 2830. The monoisotopic (exact) mass is 604 g/mol. The third kappa shape index (κ3) is 3.84. The molecule has 0 spiro atoms. The zero-order chi connectivity index (χ0) is 30.2. The number of benzene rings is 7. The van der Waals surface area contributed by atoms with Gasteiger partial charge in [-0.2, -0.15) is 0 Å². The molecule has 46 heavy (non-hydrogen) atoms. The van der Waals surface area contributed by atoms with Crippen LogP contribution in [0.1, 0.15) is 0 Å². The van der Waals surface area contributed by atoms with Crippen LogP contribution in [0.25, 0.3) is 97.6 Å². The largest absolute Gasteiger partial charge is 0.456 e. The molecule has 0 amide bonds. The van der Waals surface area contributed by atoms with E-state index in [0.717, 1.165) is 61.1 Å². The van der Waals surface area contributed by atoms with E-state index in [1.54, 1.807) is 0 Å². The average Bonchev–Trinajstić information content (AvgIpc) is 3.68. The van der Waals surface area contributed by atoms with Crippen molar-refractivity contribution in [3.63, 3.8) is 0 Å². The summed E-state index contributed by atoms with van der Waals surface area (Å²) in [5.41, 5.74) is 9.53. The normalized spacial score (nSPS) is 11.9. The van der Waals surface area contributed by atoms with Gasteiger partial charge in [-0.3, -0.25) is 0 Å². The van der Waals surface area contributed by atoms with E-state index in [-0.39, 0.29) is 0 Å². The van der Waals surface area contributed by atoms with Crippen molar-refractivity contribution in [2.75, 3.05) is 0 Å². The summed E-state index contributed by atoms with van der Waals surface area (Å²) in [7, 11) is 0. The minimum atomic E-state index is 0.844. The first-order valence-electron chi connectivity index (χ1n) is 15.4. The molecule has 0 atom stereocenters. The minimum absolute atomic E-state index is 0.844. The molecule has 3 aromatic heterocycles. The van der Waals surface area contributed by atoms with Gasteiger partial charge >= 0.3 is 0 Å². The highest BCUT2D eigenvalue weighted by molar-refractivity contribution is 7.25. The van der Waals surface area contributed by atoms with Gasteiger partial charge in [0.1, 0.15) is 11.2 Å². The van der Waals surface area contributed by atoms with E-state index in [0.29, 0.717) is 0 Å². The maximum Gasteiger partial charge on any atom is 0.136 e. The van der Waals surface area contributed by atoms with Gasteiger partial charge in [0, 0.05) is 42.1 Å². The van der Waals surface area contributed by atoms with Gasteiger partial charge in [-0.05, 0) is 70.4 Å². The van der Waals surface area contributed by atoms with Crippen LogP contribution in [0.3, 0.4) is 0 Å². The molecule has 7 aromatic carbocycles. The number of hydrogen-bond donors (Lipinski definition) is 0.